The summed E-state index contributed by atoms with van der Waals surface area (Å²) in [5.41, 5.74) is 1.08. The molecule has 0 heterocycles. The Labute approximate surface area is 128 Å². The summed E-state index contributed by atoms with van der Waals surface area (Å²) in [7, 11) is -1.54. The average molecular weight is 310 g/mol. The van der Waals surface area contributed by atoms with E-state index in [-0.39, 0.29) is 6.04 Å². The van der Waals surface area contributed by atoms with E-state index in [1.807, 2.05) is 19.2 Å². The molecule has 21 heavy (non-hydrogen) atoms. The normalized spacial score (nSPS) is 26.7. The van der Waals surface area contributed by atoms with Gasteiger partial charge in [0.2, 0.25) is 10.0 Å². The van der Waals surface area contributed by atoms with Gasteiger partial charge in [0.25, 0.3) is 0 Å². The molecule has 0 aromatic heterocycles. The predicted molar refractivity (Wildman–Crippen MR) is 85.5 cm³/mol. The van der Waals surface area contributed by atoms with Crippen LogP contribution in [0.1, 0.15) is 38.7 Å². The summed E-state index contributed by atoms with van der Waals surface area (Å²) in [4.78, 5) is 0.355. The van der Waals surface area contributed by atoms with Crippen LogP contribution in [0.2, 0.25) is 0 Å². The molecule has 3 atom stereocenters. The first kappa shape index (κ1) is 16.5. The zero-order valence-electron chi connectivity index (χ0n) is 13.1. The number of benzene rings is 1. The number of rotatable bonds is 5. The fraction of sp³-hybridized carbons (Fsp3) is 0.625. The standard InChI is InChI=1S/C16H26N2O2S/c1-12-4-9-16(13(2)10-12)18-21(19,20)15-7-5-14(6-8-15)11-17-3/h5-8,12-13,16-18H,4,9-11H2,1-3H3. The van der Waals surface area contributed by atoms with Gasteiger partial charge in [0.05, 0.1) is 4.90 Å². The molecule has 118 valence electrons. The summed E-state index contributed by atoms with van der Waals surface area (Å²) >= 11 is 0. The number of hydrogen-bond acceptors (Lipinski definition) is 3. The smallest absolute Gasteiger partial charge is 0.240 e. The highest BCUT2D eigenvalue weighted by Crippen LogP contribution is 2.29. The number of nitrogens with one attached hydrogen (secondary N) is 2. The first-order valence-electron chi connectivity index (χ1n) is 7.68. The molecule has 2 N–H and O–H groups in total. The van der Waals surface area contributed by atoms with Gasteiger partial charge in [-0.15, -0.1) is 0 Å². The van der Waals surface area contributed by atoms with Gasteiger partial charge < -0.3 is 5.32 Å². The van der Waals surface area contributed by atoms with Gasteiger partial charge in [-0.2, -0.15) is 0 Å². The fourth-order valence-corrected chi connectivity index (χ4v) is 4.48. The molecule has 0 amide bonds. The molecular formula is C16H26N2O2S. The molecule has 0 spiro atoms. The molecule has 1 aliphatic rings. The molecule has 1 saturated carbocycles. The van der Waals surface area contributed by atoms with Crippen molar-refractivity contribution in [1.29, 1.82) is 0 Å². The summed E-state index contributed by atoms with van der Waals surface area (Å²) in [5.74, 6) is 1.09. The number of hydrogen-bond donors (Lipinski definition) is 2. The SMILES string of the molecule is CNCc1ccc(S(=O)(=O)NC2CCC(C)CC2C)cc1. The van der Waals surface area contributed by atoms with Gasteiger partial charge >= 0.3 is 0 Å². The molecule has 0 radical (unpaired) electrons. The Hall–Kier alpha value is -0.910. The van der Waals surface area contributed by atoms with Crippen LogP contribution in [0, 0.1) is 11.8 Å². The molecule has 1 fully saturated rings. The van der Waals surface area contributed by atoms with Crippen molar-refractivity contribution in [2.24, 2.45) is 11.8 Å². The van der Waals surface area contributed by atoms with Crippen LogP contribution in [-0.2, 0) is 16.6 Å². The molecule has 2 rings (SSSR count). The highest BCUT2D eigenvalue weighted by Gasteiger charge is 2.29. The van der Waals surface area contributed by atoms with E-state index in [4.69, 9.17) is 0 Å². The van der Waals surface area contributed by atoms with Crippen molar-refractivity contribution in [3.05, 3.63) is 29.8 Å². The van der Waals surface area contributed by atoms with Crippen molar-refractivity contribution < 1.29 is 8.42 Å². The van der Waals surface area contributed by atoms with E-state index >= 15 is 0 Å². The monoisotopic (exact) mass is 310 g/mol. The second kappa shape index (κ2) is 6.90. The van der Waals surface area contributed by atoms with Crippen LogP contribution >= 0.6 is 0 Å². The number of sulfonamides is 1. The van der Waals surface area contributed by atoms with Gasteiger partial charge in [-0.1, -0.05) is 26.0 Å². The fourth-order valence-electron chi connectivity index (χ4n) is 3.10. The van der Waals surface area contributed by atoms with Crippen molar-refractivity contribution in [3.8, 4) is 0 Å². The van der Waals surface area contributed by atoms with E-state index in [0.29, 0.717) is 16.7 Å². The molecule has 5 heteroatoms. The average Bonchev–Trinajstić information content (AvgIpc) is 2.43. The van der Waals surface area contributed by atoms with Crippen LogP contribution in [0.4, 0.5) is 0 Å². The highest BCUT2D eigenvalue weighted by atomic mass is 32.2. The van der Waals surface area contributed by atoms with E-state index in [0.717, 1.165) is 31.4 Å². The van der Waals surface area contributed by atoms with Crippen molar-refractivity contribution in [2.45, 2.75) is 50.6 Å². The topological polar surface area (TPSA) is 58.2 Å². The quantitative estimate of drug-likeness (QED) is 0.878. The summed E-state index contributed by atoms with van der Waals surface area (Å²) in [6, 6.07) is 7.15. The molecule has 0 bridgehead atoms. The Balaban J connectivity index is 2.07. The lowest BCUT2D eigenvalue weighted by molar-refractivity contribution is 0.249. The molecule has 4 nitrogen and oxygen atoms in total. The summed E-state index contributed by atoms with van der Waals surface area (Å²) in [6.45, 7) is 5.12. The van der Waals surface area contributed by atoms with E-state index in [1.54, 1.807) is 12.1 Å². The van der Waals surface area contributed by atoms with Crippen molar-refractivity contribution in [1.82, 2.24) is 10.0 Å². The summed E-state index contributed by atoms with van der Waals surface area (Å²) in [5, 5.41) is 3.05. The lowest BCUT2D eigenvalue weighted by Gasteiger charge is -2.32. The third-order valence-electron chi connectivity index (χ3n) is 4.35. The van der Waals surface area contributed by atoms with Crippen LogP contribution < -0.4 is 10.0 Å². The lowest BCUT2D eigenvalue weighted by atomic mass is 9.80. The molecule has 0 aliphatic heterocycles. The van der Waals surface area contributed by atoms with E-state index < -0.39 is 10.0 Å². The minimum absolute atomic E-state index is 0.0585. The maximum Gasteiger partial charge on any atom is 0.240 e. The minimum atomic E-state index is -3.41. The molecule has 1 aromatic carbocycles. The zero-order valence-corrected chi connectivity index (χ0v) is 13.9. The molecule has 1 aromatic rings. The highest BCUT2D eigenvalue weighted by molar-refractivity contribution is 7.89. The van der Waals surface area contributed by atoms with Gasteiger partial charge in [-0.05, 0) is 55.8 Å². The molecule has 1 aliphatic carbocycles. The van der Waals surface area contributed by atoms with Gasteiger partial charge in [0.15, 0.2) is 0 Å². The predicted octanol–water partition coefficient (Wildman–Crippen LogP) is 2.51. The van der Waals surface area contributed by atoms with E-state index in [9.17, 15) is 8.42 Å². The first-order valence-corrected chi connectivity index (χ1v) is 9.16. The van der Waals surface area contributed by atoms with E-state index in [1.165, 1.54) is 0 Å². The van der Waals surface area contributed by atoms with Crippen LogP contribution in [0.25, 0.3) is 0 Å². The van der Waals surface area contributed by atoms with Crippen LogP contribution in [0.5, 0.6) is 0 Å². The van der Waals surface area contributed by atoms with Gasteiger partial charge in [0.1, 0.15) is 0 Å². The van der Waals surface area contributed by atoms with Gasteiger partial charge in [0, 0.05) is 12.6 Å². The van der Waals surface area contributed by atoms with Crippen molar-refractivity contribution >= 4 is 10.0 Å². The van der Waals surface area contributed by atoms with Crippen LogP contribution in [0.15, 0.2) is 29.2 Å². The Morgan fingerprint density at radius 2 is 1.81 bits per heavy atom. The Morgan fingerprint density at radius 3 is 2.38 bits per heavy atom. The van der Waals surface area contributed by atoms with Gasteiger partial charge in [-0.3, -0.25) is 0 Å². The second-order valence-electron chi connectivity index (χ2n) is 6.30. The second-order valence-corrected chi connectivity index (χ2v) is 8.01. The molecule has 0 saturated heterocycles. The Kier molecular flexibility index (Phi) is 5.41. The third-order valence-corrected chi connectivity index (χ3v) is 5.86. The maximum absolute atomic E-state index is 12.5. The zero-order chi connectivity index (χ0) is 15.5. The Morgan fingerprint density at radius 1 is 1.14 bits per heavy atom. The molecule has 3 unspecified atom stereocenters. The molecular weight excluding hydrogens is 284 g/mol. The van der Waals surface area contributed by atoms with Gasteiger partial charge in [-0.25, -0.2) is 13.1 Å². The maximum atomic E-state index is 12.5. The van der Waals surface area contributed by atoms with Crippen LogP contribution in [-0.4, -0.2) is 21.5 Å². The van der Waals surface area contributed by atoms with Crippen LogP contribution in [0.3, 0.4) is 0 Å². The Bertz CT molecular complexity index is 554. The van der Waals surface area contributed by atoms with Crippen molar-refractivity contribution in [2.75, 3.05) is 7.05 Å². The summed E-state index contributed by atoms with van der Waals surface area (Å²) < 4.78 is 27.8. The summed E-state index contributed by atoms with van der Waals surface area (Å²) in [6.07, 6.45) is 3.12. The largest absolute Gasteiger partial charge is 0.316 e. The first-order chi connectivity index (χ1) is 9.92. The third kappa shape index (κ3) is 4.28. The minimum Gasteiger partial charge on any atom is -0.316 e. The lowest BCUT2D eigenvalue weighted by Crippen LogP contribution is -2.42. The van der Waals surface area contributed by atoms with E-state index in [2.05, 4.69) is 23.9 Å². The van der Waals surface area contributed by atoms with Crippen molar-refractivity contribution in [3.63, 3.8) is 0 Å².